The number of aliphatic carboxylic acids is 4. The number of hydrogen-bond donors (Lipinski definition) is 4. The van der Waals surface area contributed by atoms with Gasteiger partial charge in [-0.1, -0.05) is 0 Å². The zero-order valence-electron chi connectivity index (χ0n) is 10.8. The van der Waals surface area contributed by atoms with Crippen molar-refractivity contribution in [2.45, 2.75) is 27.7 Å². The van der Waals surface area contributed by atoms with E-state index in [9.17, 15) is 0 Å². The molecular formula is C8H20O10Rh. The van der Waals surface area contributed by atoms with E-state index in [0.717, 1.165) is 27.7 Å². The Labute approximate surface area is 122 Å². The molecule has 0 rings (SSSR count). The van der Waals surface area contributed by atoms with Gasteiger partial charge in [-0.25, -0.2) is 0 Å². The van der Waals surface area contributed by atoms with Gasteiger partial charge in [0.05, 0.1) is 0 Å². The van der Waals surface area contributed by atoms with Gasteiger partial charge in [0.2, 0.25) is 0 Å². The van der Waals surface area contributed by atoms with Gasteiger partial charge in [-0.15, -0.1) is 0 Å². The van der Waals surface area contributed by atoms with Crippen LogP contribution in [0.25, 0.3) is 0 Å². The summed E-state index contributed by atoms with van der Waals surface area (Å²) in [5.74, 6) is -3.33. The van der Waals surface area contributed by atoms with Crippen molar-refractivity contribution in [2.75, 3.05) is 0 Å². The van der Waals surface area contributed by atoms with Crippen LogP contribution in [0.15, 0.2) is 0 Å². The number of carboxylic acid groups (broad SMARTS) is 4. The summed E-state index contributed by atoms with van der Waals surface area (Å²) in [5.41, 5.74) is 0. The predicted molar refractivity (Wildman–Crippen MR) is 60.5 cm³/mol. The second-order valence-corrected chi connectivity index (χ2v) is 2.08. The fraction of sp³-hybridized carbons (Fsp3) is 0.500. The van der Waals surface area contributed by atoms with E-state index in [-0.39, 0.29) is 30.4 Å². The first-order valence-corrected chi connectivity index (χ1v) is 3.71. The van der Waals surface area contributed by atoms with Crippen LogP contribution >= 0.6 is 0 Å². The molecule has 8 N–H and O–H groups in total. The Morgan fingerprint density at radius 3 is 0.526 bits per heavy atom. The minimum Gasteiger partial charge on any atom is -0.481 e. The van der Waals surface area contributed by atoms with Gasteiger partial charge in [-0.3, -0.25) is 19.2 Å². The molecule has 0 aliphatic heterocycles. The van der Waals surface area contributed by atoms with Gasteiger partial charge >= 0.3 is 0 Å². The molecule has 0 atom stereocenters. The molecule has 0 aromatic carbocycles. The Balaban J connectivity index is -0.0000000192. The summed E-state index contributed by atoms with van der Waals surface area (Å²) >= 11 is 0. The van der Waals surface area contributed by atoms with E-state index in [4.69, 9.17) is 39.6 Å². The Morgan fingerprint density at radius 1 is 0.526 bits per heavy atom. The van der Waals surface area contributed by atoms with E-state index in [1.54, 1.807) is 0 Å². The maximum atomic E-state index is 9.00. The summed E-state index contributed by atoms with van der Waals surface area (Å²) in [4.78, 5) is 36.0. The molecule has 0 saturated heterocycles. The smallest absolute Gasteiger partial charge is 0.300 e. The van der Waals surface area contributed by atoms with Gasteiger partial charge in [0.1, 0.15) is 0 Å². The second kappa shape index (κ2) is 36.0. The van der Waals surface area contributed by atoms with E-state index >= 15 is 0 Å². The van der Waals surface area contributed by atoms with Crippen LogP contribution in [0.1, 0.15) is 27.7 Å². The van der Waals surface area contributed by atoms with Crippen LogP contribution in [0.2, 0.25) is 0 Å². The van der Waals surface area contributed by atoms with Crippen molar-refractivity contribution >= 4 is 23.9 Å². The van der Waals surface area contributed by atoms with Crippen molar-refractivity contribution in [3.8, 4) is 0 Å². The first kappa shape index (κ1) is 43.3. The standard InChI is InChI=1S/4C2H4O2.2H2O.Rh/c4*1-2(3)4;;;/h4*1H3,(H,3,4);2*1H2;. The van der Waals surface area contributed by atoms with Gasteiger partial charge in [-0.2, -0.15) is 0 Å². The average molecular weight is 379 g/mol. The fourth-order valence-electron chi connectivity index (χ4n) is 0. The molecule has 0 aliphatic carbocycles. The van der Waals surface area contributed by atoms with Crippen molar-refractivity contribution in [1.29, 1.82) is 0 Å². The van der Waals surface area contributed by atoms with Gasteiger partial charge in [-0.05, 0) is 0 Å². The SMILES string of the molecule is CC(=O)O.CC(=O)O.CC(=O)O.CC(=O)O.O.O.[Rh]. The molecule has 19 heavy (non-hydrogen) atoms. The minimum atomic E-state index is -0.833. The summed E-state index contributed by atoms with van der Waals surface area (Å²) < 4.78 is 0. The van der Waals surface area contributed by atoms with Crippen LogP contribution in [-0.4, -0.2) is 55.3 Å². The molecule has 0 aromatic heterocycles. The normalized spacial score (nSPS) is 5.26. The van der Waals surface area contributed by atoms with Crippen molar-refractivity contribution in [1.82, 2.24) is 0 Å². The summed E-state index contributed by atoms with van der Waals surface area (Å²) in [6.07, 6.45) is 0. The van der Waals surface area contributed by atoms with Gasteiger partial charge in [0.15, 0.2) is 0 Å². The third-order valence-electron chi connectivity index (χ3n) is 0. The van der Waals surface area contributed by atoms with Crippen molar-refractivity contribution in [3.63, 3.8) is 0 Å². The molecule has 0 unspecified atom stereocenters. The molecule has 0 spiro atoms. The van der Waals surface area contributed by atoms with Crippen LogP contribution in [0.5, 0.6) is 0 Å². The first-order valence-electron chi connectivity index (χ1n) is 3.71. The summed E-state index contributed by atoms with van der Waals surface area (Å²) in [5, 5.41) is 29.7. The minimum absolute atomic E-state index is 0. The quantitative estimate of drug-likeness (QED) is 0.371. The zero-order chi connectivity index (χ0) is 14.3. The predicted octanol–water partition coefficient (Wildman–Crippen LogP) is -1.29. The van der Waals surface area contributed by atoms with Gasteiger partial charge in [0, 0.05) is 47.2 Å². The third-order valence-corrected chi connectivity index (χ3v) is 0. The Bertz CT molecular complexity index is 164. The number of carbonyl (C=O) groups is 4. The maximum Gasteiger partial charge on any atom is 0.300 e. The molecular weight excluding hydrogens is 359 g/mol. The molecule has 0 fully saturated rings. The van der Waals surface area contributed by atoms with E-state index in [2.05, 4.69) is 0 Å². The van der Waals surface area contributed by atoms with E-state index < -0.39 is 23.9 Å². The van der Waals surface area contributed by atoms with E-state index in [1.165, 1.54) is 0 Å². The number of carboxylic acids is 4. The van der Waals surface area contributed by atoms with E-state index in [1.807, 2.05) is 0 Å². The molecule has 0 saturated carbocycles. The van der Waals surface area contributed by atoms with Gasteiger partial charge in [0.25, 0.3) is 23.9 Å². The van der Waals surface area contributed by atoms with Crippen molar-refractivity contribution in [3.05, 3.63) is 0 Å². The van der Waals surface area contributed by atoms with Crippen LogP contribution in [0.4, 0.5) is 0 Å². The third kappa shape index (κ3) is 1370. The molecule has 0 bridgehead atoms. The molecule has 0 heterocycles. The van der Waals surface area contributed by atoms with Gasteiger partial charge < -0.3 is 31.4 Å². The maximum absolute atomic E-state index is 9.00. The summed E-state index contributed by atoms with van der Waals surface area (Å²) in [6, 6.07) is 0. The summed E-state index contributed by atoms with van der Waals surface area (Å²) in [6.45, 7) is 4.33. The number of rotatable bonds is 0. The van der Waals surface area contributed by atoms with Crippen LogP contribution in [-0.2, 0) is 38.7 Å². The zero-order valence-corrected chi connectivity index (χ0v) is 12.4. The Kier molecular flexibility index (Phi) is 81.9. The molecule has 0 aromatic rings. The van der Waals surface area contributed by atoms with Crippen molar-refractivity contribution in [2.24, 2.45) is 0 Å². The largest absolute Gasteiger partial charge is 0.481 e. The summed E-state index contributed by atoms with van der Waals surface area (Å²) in [7, 11) is 0. The van der Waals surface area contributed by atoms with E-state index in [0.29, 0.717) is 0 Å². The second-order valence-electron chi connectivity index (χ2n) is 2.08. The number of hydrogen-bond acceptors (Lipinski definition) is 4. The molecule has 0 aliphatic rings. The fourth-order valence-corrected chi connectivity index (χ4v) is 0. The first-order chi connectivity index (χ1) is 6.93. The molecule has 0 amide bonds. The molecule has 121 valence electrons. The Morgan fingerprint density at radius 2 is 0.526 bits per heavy atom. The van der Waals surface area contributed by atoms with Crippen LogP contribution < -0.4 is 0 Å². The molecule has 11 heteroatoms. The average Bonchev–Trinajstić information content (AvgIpc) is 1.76. The van der Waals surface area contributed by atoms with Crippen LogP contribution in [0, 0.1) is 0 Å². The topological polar surface area (TPSA) is 212 Å². The molecule has 1 radical (unpaired) electrons. The van der Waals surface area contributed by atoms with Crippen molar-refractivity contribution < 1.29 is 70.0 Å². The Hall–Kier alpha value is -1.58. The molecule has 10 nitrogen and oxygen atoms in total. The monoisotopic (exact) mass is 379 g/mol. The van der Waals surface area contributed by atoms with Crippen LogP contribution in [0.3, 0.4) is 0 Å².